The lowest BCUT2D eigenvalue weighted by Crippen LogP contribution is -2.14. The molecule has 0 aromatic carbocycles. The van der Waals surface area contributed by atoms with Gasteiger partial charge < -0.3 is 15.8 Å². The summed E-state index contributed by atoms with van der Waals surface area (Å²) < 4.78 is 5.23. The third-order valence-electron chi connectivity index (χ3n) is 2.60. The van der Waals surface area contributed by atoms with Gasteiger partial charge in [-0.3, -0.25) is 9.78 Å². The van der Waals surface area contributed by atoms with Gasteiger partial charge in [0.05, 0.1) is 24.1 Å². The van der Waals surface area contributed by atoms with Crippen molar-refractivity contribution in [1.82, 2.24) is 9.97 Å². The molecule has 6 nitrogen and oxygen atoms in total. The van der Waals surface area contributed by atoms with Gasteiger partial charge in [-0.05, 0) is 26.0 Å². The van der Waals surface area contributed by atoms with Crippen molar-refractivity contribution < 1.29 is 9.53 Å². The average molecular weight is 272 g/mol. The molecule has 0 aliphatic heterocycles. The molecule has 20 heavy (non-hydrogen) atoms. The number of carbonyl (C=O) groups is 1. The fourth-order valence-electron chi connectivity index (χ4n) is 1.66. The summed E-state index contributed by atoms with van der Waals surface area (Å²) in [6, 6.07) is 5.06. The lowest BCUT2D eigenvalue weighted by Gasteiger charge is -2.08. The van der Waals surface area contributed by atoms with Crippen molar-refractivity contribution in [1.29, 1.82) is 0 Å². The Kier molecular flexibility index (Phi) is 4.14. The average Bonchev–Trinajstić information content (AvgIpc) is 2.41. The molecule has 0 fully saturated rings. The van der Waals surface area contributed by atoms with Gasteiger partial charge in [-0.1, -0.05) is 0 Å². The van der Waals surface area contributed by atoms with Gasteiger partial charge in [-0.15, -0.1) is 0 Å². The van der Waals surface area contributed by atoms with E-state index in [1.165, 1.54) is 12.4 Å². The van der Waals surface area contributed by atoms with Crippen LogP contribution < -0.4 is 15.8 Å². The largest absolute Gasteiger partial charge is 0.478 e. The molecule has 6 heteroatoms. The van der Waals surface area contributed by atoms with Gasteiger partial charge in [0, 0.05) is 23.6 Å². The number of anilines is 2. The summed E-state index contributed by atoms with van der Waals surface area (Å²) in [4.78, 5) is 20.2. The van der Waals surface area contributed by atoms with E-state index in [-0.39, 0.29) is 5.91 Å². The number of aryl methyl sites for hydroxylation is 1. The molecule has 3 N–H and O–H groups in total. The molecule has 0 bridgehead atoms. The van der Waals surface area contributed by atoms with E-state index < -0.39 is 0 Å². The van der Waals surface area contributed by atoms with Gasteiger partial charge in [0.1, 0.15) is 0 Å². The second-order valence-electron chi connectivity index (χ2n) is 4.19. The SMILES string of the molecule is CCOc1ccc(NC(=O)c2cnc(C)cc2N)cn1. The number of nitrogens with one attached hydrogen (secondary N) is 1. The summed E-state index contributed by atoms with van der Waals surface area (Å²) in [6.07, 6.45) is 2.99. The quantitative estimate of drug-likeness (QED) is 0.888. The Bertz CT molecular complexity index is 611. The van der Waals surface area contributed by atoms with Gasteiger partial charge in [0.15, 0.2) is 0 Å². The molecule has 0 unspecified atom stereocenters. The van der Waals surface area contributed by atoms with Crippen LogP contribution in [-0.2, 0) is 0 Å². The highest BCUT2D eigenvalue weighted by Gasteiger charge is 2.11. The molecule has 0 atom stereocenters. The van der Waals surface area contributed by atoms with Crippen LogP contribution in [-0.4, -0.2) is 22.5 Å². The number of rotatable bonds is 4. The first kappa shape index (κ1) is 13.8. The van der Waals surface area contributed by atoms with Gasteiger partial charge in [0.2, 0.25) is 5.88 Å². The fourth-order valence-corrected chi connectivity index (χ4v) is 1.66. The molecule has 0 aliphatic rings. The number of pyridine rings is 2. The number of hydrogen-bond donors (Lipinski definition) is 2. The summed E-state index contributed by atoms with van der Waals surface area (Å²) in [6.45, 7) is 4.24. The minimum absolute atomic E-state index is 0.319. The zero-order chi connectivity index (χ0) is 14.5. The highest BCUT2D eigenvalue weighted by molar-refractivity contribution is 6.07. The number of amides is 1. The number of hydrogen-bond acceptors (Lipinski definition) is 5. The van der Waals surface area contributed by atoms with Crippen LogP contribution in [0, 0.1) is 6.92 Å². The predicted octanol–water partition coefficient (Wildman–Crippen LogP) is 2.02. The highest BCUT2D eigenvalue weighted by Crippen LogP contribution is 2.16. The second kappa shape index (κ2) is 6.01. The zero-order valence-electron chi connectivity index (χ0n) is 11.4. The van der Waals surface area contributed by atoms with Crippen LogP contribution >= 0.6 is 0 Å². The van der Waals surface area contributed by atoms with Gasteiger partial charge in [-0.25, -0.2) is 4.98 Å². The maximum Gasteiger partial charge on any atom is 0.259 e. The summed E-state index contributed by atoms with van der Waals surface area (Å²) in [5.74, 6) is 0.197. The minimum Gasteiger partial charge on any atom is -0.478 e. The molecule has 0 radical (unpaired) electrons. The molecule has 2 aromatic heterocycles. The second-order valence-corrected chi connectivity index (χ2v) is 4.19. The first-order valence-electron chi connectivity index (χ1n) is 6.22. The molecule has 0 aliphatic carbocycles. The van der Waals surface area contributed by atoms with Crippen molar-refractivity contribution in [3.05, 3.63) is 41.9 Å². The van der Waals surface area contributed by atoms with E-state index in [1.54, 1.807) is 18.2 Å². The van der Waals surface area contributed by atoms with Crippen LogP contribution in [0.3, 0.4) is 0 Å². The third kappa shape index (κ3) is 3.23. The van der Waals surface area contributed by atoms with Crippen molar-refractivity contribution in [2.24, 2.45) is 0 Å². The first-order chi connectivity index (χ1) is 9.60. The number of aromatic nitrogens is 2. The number of carbonyl (C=O) groups excluding carboxylic acids is 1. The van der Waals surface area contributed by atoms with Crippen LogP contribution in [0.4, 0.5) is 11.4 Å². The van der Waals surface area contributed by atoms with Crippen molar-refractivity contribution in [2.75, 3.05) is 17.7 Å². The lowest BCUT2D eigenvalue weighted by molar-refractivity contribution is 0.102. The van der Waals surface area contributed by atoms with Crippen LogP contribution in [0.15, 0.2) is 30.6 Å². The molecule has 2 rings (SSSR count). The summed E-state index contributed by atoms with van der Waals surface area (Å²) in [7, 11) is 0. The Morgan fingerprint density at radius 2 is 2.15 bits per heavy atom. The van der Waals surface area contributed by atoms with Crippen LogP contribution in [0.25, 0.3) is 0 Å². The van der Waals surface area contributed by atoms with Crippen LogP contribution in [0.5, 0.6) is 5.88 Å². The highest BCUT2D eigenvalue weighted by atomic mass is 16.5. The van der Waals surface area contributed by atoms with Gasteiger partial charge in [0.25, 0.3) is 5.91 Å². The van der Waals surface area contributed by atoms with E-state index in [9.17, 15) is 4.79 Å². The molecular formula is C14H16N4O2. The van der Waals surface area contributed by atoms with Crippen LogP contribution in [0.1, 0.15) is 23.0 Å². The van der Waals surface area contributed by atoms with E-state index in [4.69, 9.17) is 10.5 Å². The topological polar surface area (TPSA) is 90.1 Å². The Morgan fingerprint density at radius 3 is 2.75 bits per heavy atom. The smallest absolute Gasteiger partial charge is 0.259 e. The van der Waals surface area contributed by atoms with Crippen molar-refractivity contribution in [3.63, 3.8) is 0 Å². The third-order valence-corrected chi connectivity index (χ3v) is 2.60. The van der Waals surface area contributed by atoms with Gasteiger partial charge in [-0.2, -0.15) is 0 Å². The standard InChI is InChI=1S/C14H16N4O2/c1-3-20-13-5-4-10(7-17-13)18-14(19)11-8-16-9(2)6-12(11)15/h4-8H,3H2,1-2H3,(H2,15,16)(H,18,19). The van der Waals surface area contributed by atoms with E-state index >= 15 is 0 Å². The van der Waals surface area contributed by atoms with Gasteiger partial charge >= 0.3 is 0 Å². The number of ether oxygens (including phenoxy) is 1. The van der Waals surface area contributed by atoms with E-state index in [0.717, 1.165) is 5.69 Å². The first-order valence-corrected chi connectivity index (χ1v) is 6.22. The number of nitrogens with zero attached hydrogens (tertiary/aromatic N) is 2. The molecule has 0 saturated carbocycles. The lowest BCUT2D eigenvalue weighted by atomic mass is 10.2. The number of nitrogens with two attached hydrogens (primary N) is 1. The predicted molar refractivity (Wildman–Crippen MR) is 76.7 cm³/mol. The minimum atomic E-state index is -0.319. The van der Waals surface area contributed by atoms with E-state index in [1.807, 2.05) is 13.8 Å². The Labute approximate surface area is 117 Å². The summed E-state index contributed by atoms with van der Waals surface area (Å²) in [5.41, 5.74) is 7.87. The van der Waals surface area contributed by atoms with Crippen LogP contribution in [0.2, 0.25) is 0 Å². The fraction of sp³-hybridized carbons (Fsp3) is 0.214. The zero-order valence-corrected chi connectivity index (χ0v) is 11.4. The summed E-state index contributed by atoms with van der Waals surface area (Å²) >= 11 is 0. The monoisotopic (exact) mass is 272 g/mol. The Hall–Kier alpha value is -2.63. The van der Waals surface area contributed by atoms with Crippen molar-refractivity contribution in [2.45, 2.75) is 13.8 Å². The molecule has 0 spiro atoms. The normalized spacial score (nSPS) is 10.1. The molecular weight excluding hydrogens is 256 g/mol. The molecule has 2 heterocycles. The van der Waals surface area contributed by atoms with Crippen molar-refractivity contribution >= 4 is 17.3 Å². The summed E-state index contributed by atoms with van der Waals surface area (Å²) in [5, 5.41) is 2.71. The molecule has 1 amide bonds. The molecule has 0 saturated heterocycles. The Balaban J connectivity index is 2.11. The van der Waals surface area contributed by atoms with E-state index in [0.29, 0.717) is 29.4 Å². The van der Waals surface area contributed by atoms with Crippen molar-refractivity contribution in [3.8, 4) is 5.88 Å². The number of nitrogen functional groups attached to an aromatic ring is 1. The maximum atomic E-state index is 12.1. The van der Waals surface area contributed by atoms with E-state index in [2.05, 4.69) is 15.3 Å². The maximum absolute atomic E-state index is 12.1. The molecule has 104 valence electrons. The molecule has 2 aromatic rings. The Morgan fingerprint density at radius 1 is 1.35 bits per heavy atom.